The molecule has 1 saturated carbocycles. The van der Waals surface area contributed by atoms with E-state index in [0.717, 1.165) is 37.8 Å². The number of carbonyl (C=O) groups excluding carboxylic acids is 1. The molecule has 122 valence electrons. The van der Waals surface area contributed by atoms with Crippen molar-refractivity contribution in [3.63, 3.8) is 0 Å². The molecule has 1 amide bonds. The number of hydrogen-bond donors (Lipinski definition) is 1. The number of benzene rings is 1. The molecule has 2 rings (SSSR count). The van der Waals surface area contributed by atoms with Crippen molar-refractivity contribution in [3.8, 4) is 0 Å². The molecule has 0 radical (unpaired) electrons. The maximum absolute atomic E-state index is 12.3. The van der Waals surface area contributed by atoms with Crippen LogP contribution >= 0.6 is 0 Å². The molecule has 1 atom stereocenters. The van der Waals surface area contributed by atoms with E-state index in [4.69, 9.17) is 4.74 Å². The highest BCUT2D eigenvalue weighted by atomic mass is 32.2. The van der Waals surface area contributed by atoms with Crippen molar-refractivity contribution in [3.05, 3.63) is 24.3 Å². The van der Waals surface area contributed by atoms with Gasteiger partial charge in [-0.05, 0) is 37.1 Å². The molecule has 22 heavy (non-hydrogen) atoms. The van der Waals surface area contributed by atoms with E-state index >= 15 is 0 Å². The Hall–Kier alpha value is -1.41. The van der Waals surface area contributed by atoms with Gasteiger partial charge in [0.15, 0.2) is 10.8 Å². The zero-order chi connectivity index (χ0) is 16.2. The van der Waals surface area contributed by atoms with Gasteiger partial charge in [0.1, 0.15) is 6.61 Å². The van der Waals surface area contributed by atoms with Crippen LogP contribution in [-0.2, 0) is 20.3 Å². The first-order chi connectivity index (χ1) is 10.4. The molecular weight excluding hydrogens is 319 g/mol. The van der Waals surface area contributed by atoms with Gasteiger partial charge in [-0.2, -0.15) is 13.2 Å². The SMILES string of the molecule is O=C(COC1CCCC1)Nc1ccc([S@](=O)C(F)(F)F)cc1. The summed E-state index contributed by atoms with van der Waals surface area (Å²) in [6.45, 7) is -0.0824. The van der Waals surface area contributed by atoms with E-state index in [2.05, 4.69) is 5.32 Å². The fourth-order valence-electron chi connectivity index (χ4n) is 2.24. The van der Waals surface area contributed by atoms with Crippen molar-refractivity contribution in [1.29, 1.82) is 0 Å². The molecule has 4 nitrogen and oxygen atoms in total. The number of anilines is 1. The first kappa shape index (κ1) is 17.0. The predicted molar refractivity (Wildman–Crippen MR) is 75.7 cm³/mol. The molecule has 1 fully saturated rings. The minimum atomic E-state index is -4.79. The van der Waals surface area contributed by atoms with Gasteiger partial charge in [0.25, 0.3) is 0 Å². The Morgan fingerprint density at radius 2 is 1.82 bits per heavy atom. The normalized spacial score (nSPS) is 17.4. The number of rotatable bonds is 5. The number of ether oxygens (including phenoxy) is 1. The maximum atomic E-state index is 12.3. The fraction of sp³-hybridized carbons (Fsp3) is 0.500. The Balaban J connectivity index is 1.85. The first-order valence-corrected chi connectivity index (χ1v) is 8.01. The standard InChI is InChI=1S/C14H16F3NO3S/c15-14(16,17)22(20)12-7-5-10(6-8-12)18-13(19)9-21-11-3-1-2-4-11/h5-8,11H,1-4,9H2,(H,18,19)/t22-/m0/s1. The van der Waals surface area contributed by atoms with Crippen molar-refractivity contribution < 1.29 is 26.9 Å². The summed E-state index contributed by atoms with van der Waals surface area (Å²) in [5.74, 6) is -0.364. The second kappa shape index (κ2) is 7.23. The van der Waals surface area contributed by atoms with Crippen LogP contribution in [-0.4, -0.2) is 28.3 Å². The smallest absolute Gasteiger partial charge is 0.368 e. The number of amides is 1. The number of hydrogen-bond acceptors (Lipinski definition) is 3. The summed E-state index contributed by atoms with van der Waals surface area (Å²) in [6, 6.07) is 4.73. The molecule has 1 aromatic rings. The topological polar surface area (TPSA) is 55.4 Å². The second-order valence-electron chi connectivity index (χ2n) is 5.00. The quantitative estimate of drug-likeness (QED) is 0.899. The van der Waals surface area contributed by atoms with Gasteiger partial charge in [-0.25, -0.2) is 4.21 Å². The van der Waals surface area contributed by atoms with Crippen molar-refractivity contribution in [1.82, 2.24) is 0 Å². The fourth-order valence-corrected chi connectivity index (χ4v) is 2.89. The van der Waals surface area contributed by atoms with Crippen molar-refractivity contribution in [2.45, 2.75) is 42.2 Å². The Morgan fingerprint density at radius 1 is 1.23 bits per heavy atom. The van der Waals surface area contributed by atoms with Gasteiger partial charge >= 0.3 is 5.51 Å². The molecule has 1 aliphatic carbocycles. The van der Waals surface area contributed by atoms with E-state index in [1.807, 2.05) is 0 Å². The first-order valence-electron chi connectivity index (χ1n) is 6.86. The largest absolute Gasteiger partial charge is 0.475 e. The molecule has 0 aliphatic heterocycles. The zero-order valence-corrected chi connectivity index (χ0v) is 12.5. The lowest BCUT2D eigenvalue weighted by molar-refractivity contribution is -0.122. The van der Waals surface area contributed by atoms with Gasteiger partial charge in [0.05, 0.1) is 6.10 Å². The van der Waals surface area contributed by atoms with Crippen molar-refractivity contribution in [2.24, 2.45) is 0 Å². The molecule has 0 unspecified atom stereocenters. The summed E-state index contributed by atoms with van der Waals surface area (Å²) in [5.41, 5.74) is -4.46. The second-order valence-corrected chi connectivity index (χ2v) is 6.48. The Kier molecular flexibility index (Phi) is 5.57. The van der Waals surface area contributed by atoms with Crippen molar-refractivity contribution >= 4 is 22.4 Å². The lowest BCUT2D eigenvalue weighted by Crippen LogP contribution is -2.22. The summed E-state index contributed by atoms with van der Waals surface area (Å²) in [7, 11) is -3.06. The third kappa shape index (κ3) is 4.81. The van der Waals surface area contributed by atoms with Crippen LogP contribution in [0.15, 0.2) is 29.2 Å². The van der Waals surface area contributed by atoms with Gasteiger partial charge in [0.2, 0.25) is 5.91 Å². The molecule has 1 aromatic carbocycles. The van der Waals surface area contributed by atoms with Crippen LogP contribution < -0.4 is 5.32 Å². The monoisotopic (exact) mass is 335 g/mol. The molecular formula is C14H16F3NO3S. The van der Waals surface area contributed by atoms with Gasteiger partial charge in [-0.3, -0.25) is 4.79 Å². The molecule has 0 saturated heterocycles. The Morgan fingerprint density at radius 3 is 2.36 bits per heavy atom. The molecule has 1 aliphatic rings. The van der Waals surface area contributed by atoms with E-state index in [-0.39, 0.29) is 23.5 Å². The van der Waals surface area contributed by atoms with E-state index in [9.17, 15) is 22.2 Å². The summed E-state index contributed by atoms with van der Waals surface area (Å²) in [4.78, 5) is 11.3. The third-order valence-corrected chi connectivity index (χ3v) is 4.44. The third-order valence-electron chi connectivity index (χ3n) is 3.31. The summed E-state index contributed by atoms with van der Waals surface area (Å²) >= 11 is 0. The highest BCUT2D eigenvalue weighted by Gasteiger charge is 2.37. The number of alkyl halides is 3. The minimum Gasteiger partial charge on any atom is -0.368 e. The summed E-state index contributed by atoms with van der Waals surface area (Å²) < 4.78 is 53.5. The zero-order valence-electron chi connectivity index (χ0n) is 11.7. The summed E-state index contributed by atoms with van der Waals surface area (Å²) in [5, 5.41) is 2.53. The van der Waals surface area contributed by atoms with E-state index in [0.29, 0.717) is 5.69 Å². The molecule has 8 heteroatoms. The molecule has 0 bridgehead atoms. The van der Waals surface area contributed by atoms with Gasteiger partial charge in [-0.15, -0.1) is 0 Å². The predicted octanol–water partition coefficient (Wildman–Crippen LogP) is 3.21. The number of carbonyl (C=O) groups is 1. The maximum Gasteiger partial charge on any atom is 0.475 e. The highest BCUT2D eigenvalue weighted by molar-refractivity contribution is 7.86. The van der Waals surface area contributed by atoms with Gasteiger partial charge in [-0.1, -0.05) is 12.8 Å². The van der Waals surface area contributed by atoms with Gasteiger partial charge in [0, 0.05) is 10.6 Å². The van der Waals surface area contributed by atoms with Crippen LogP contribution in [0.3, 0.4) is 0 Å². The molecule has 1 N–H and O–H groups in total. The van der Waals surface area contributed by atoms with Crippen molar-refractivity contribution in [2.75, 3.05) is 11.9 Å². The molecule has 0 heterocycles. The van der Waals surface area contributed by atoms with Crippen LogP contribution in [0.25, 0.3) is 0 Å². The highest BCUT2D eigenvalue weighted by Crippen LogP contribution is 2.27. The van der Waals surface area contributed by atoms with Crippen LogP contribution in [0.1, 0.15) is 25.7 Å². The molecule has 0 aromatic heterocycles. The van der Waals surface area contributed by atoms with E-state index in [1.165, 1.54) is 12.1 Å². The van der Waals surface area contributed by atoms with E-state index in [1.54, 1.807) is 0 Å². The average molecular weight is 335 g/mol. The lowest BCUT2D eigenvalue weighted by Gasteiger charge is -2.11. The summed E-state index contributed by atoms with van der Waals surface area (Å²) in [6.07, 6.45) is 4.22. The van der Waals surface area contributed by atoms with Gasteiger partial charge < -0.3 is 10.1 Å². The van der Waals surface area contributed by atoms with Crippen LogP contribution in [0.5, 0.6) is 0 Å². The van der Waals surface area contributed by atoms with E-state index < -0.39 is 16.3 Å². The Labute approximate surface area is 128 Å². The number of halogens is 3. The minimum absolute atomic E-state index is 0.0824. The molecule has 0 spiro atoms. The average Bonchev–Trinajstić information content (AvgIpc) is 2.97. The van der Waals surface area contributed by atoms with Crippen LogP contribution in [0, 0.1) is 0 Å². The number of nitrogens with one attached hydrogen (secondary N) is 1. The van der Waals surface area contributed by atoms with Crippen LogP contribution in [0.4, 0.5) is 18.9 Å². The Bertz CT molecular complexity index is 539. The lowest BCUT2D eigenvalue weighted by atomic mass is 10.3. The van der Waals surface area contributed by atoms with Crippen LogP contribution in [0.2, 0.25) is 0 Å².